The topological polar surface area (TPSA) is 38.7 Å². The van der Waals surface area contributed by atoms with Gasteiger partial charge in [-0.2, -0.15) is 0 Å². The molecule has 1 saturated heterocycles. The Morgan fingerprint density at radius 3 is 2.52 bits per heavy atom. The highest BCUT2D eigenvalue weighted by molar-refractivity contribution is 5.09. The lowest BCUT2D eigenvalue weighted by Gasteiger charge is -2.61. The fourth-order valence-corrected chi connectivity index (χ4v) is 9.17. The van der Waals surface area contributed by atoms with Crippen molar-refractivity contribution >= 4 is 0 Å². The summed E-state index contributed by atoms with van der Waals surface area (Å²) in [5.74, 6) is 4.44. The van der Waals surface area contributed by atoms with Gasteiger partial charge in [0.2, 0.25) is 0 Å². The second kappa shape index (κ2) is 8.10. The van der Waals surface area contributed by atoms with E-state index in [0.717, 1.165) is 49.2 Å². The number of aliphatic hydroxyl groups excluding tert-OH is 1. The lowest BCUT2D eigenvalue weighted by atomic mass is 9.44. The first-order chi connectivity index (χ1) is 14.0. The maximum Gasteiger partial charge on any atom is 0.0813 e. The van der Waals surface area contributed by atoms with Crippen LogP contribution >= 0.6 is 0 Å². The Morgan fingerprint density at radius 1 is 0.897 bits per heavy atom. The van der Waals surface area contributed by atoms with Crippen molar-refractivity contribution in [3.05, 3.63) is 0 Å². The maximum atomic E-state index is 9.58. The molecule has 3 heteroatoms. The van der Waals surface area contributed by atoms with E-state index in [-0.39, 0.29) is 0 Å². The van der Waals surface area contributed by atoms with Crippen LogP contribution in [0.15, 0.2) is 0 Å². The molecule has 1 heterocycles. The molecule has 3 nitrogen and oxygen atoms in total. The zero-order valence-corrected chi connectivity index (χ0v) is 18.9. The first-order valence-electron chi connectivity index (χ1n) is 12.9. The summed E-state index contributed by atoms with van der Waals surface area (Å²) in [4.78, 5) is 0. The van der Waals surface area contributed by atoms with E-state index in [9.17, 15) is 5.11 Å². The van der Waals surface area contributed by atoms with Crippen molar-refractivity contribution in [1.82, 2.24) is 0 Å². The van der Waals surface area contributed by atoms with Crippen LogP contribution in [0.25, 0.3) is 0 Å². The van der Waals surface area contributed by atoms with Crippen molar-refractivity contribution in [2.24, 2.45) is 40.4 Å². The Kier molecular flexibility index (Phi) is 5.80. The molecule has 0 unspecified atom stereocenters. The van der Waals surface area contributed by atoms with Crippen molar-refractivity contribution in [3.63, 3.8) is 0 Å². The predicted molar refractivity (Wildman–Crippen MR) is 116 cm³/mol. The number of fused-ring (bicyclic) bond motifs is 5. The lowest BCUT2D eigenvalue weighted by Crippen LogP contribution is -2.54. The van der Waals surface area contributed by atoms with Gasteiger partial charge < -0.3 is 14.6 Å². The Balaban J connectivity index is 1.26. The van der Waals surface area contributed by atoms with E-state index in [1.165, 1.54) is 70.6 Å². The summed E-state index contributed by atoms with van der Waals surface area (Å²) in [5.41, 5.74) is 1.05. The van der Waals surface area contributed by atoms with Gasteiger partial charge >= 0.3 is 0 Å². The molecule has 0 spiro atoms. The van der Waals surface area contributed by atoms with E-state index in [2.05, 4.69) is 13.8 Å². The minimum absolute atomic E-state index is 0.354. The Morgan fingerprint density at radius 2 is 1.72 bits per heavy atom. The first-order valence-corrected chi connectivity index (χ1v) is 12.9. The quantitative estimate of drug-likeness (QED) is 0.663. The fraction of sp³-hybridized carbons (Fsp3) is 1.00. The number of ether oxygens (including phenoxy) is 2. The monoisotopic (exact) mass is 404 g/mol. The SMILES string of the molecule is C[C@]12CC[C@H](O[C@@H]3CCCOC3)C[C@@H]1CC[C@@H]1[C@@H]2CC[C@]2(C)[C@@H](CCO)CC[C@@H]12. The first kappa shape index (κ1) is 20.8. The van der Waals surface area contributed by atoms with Crippen molar-refractivity contribution < 1.29 is 14.6 Å². The average molecular weight is 405 g/mol. The Bertz CT molecular complexity index is 572. The van der Waals surface area contributed by atoms with Crippen LogP contribution in [0.4, 0.5) is 0 Å². The lowest BCUT2D eigenvalue weighted by molar-refractivity contribution is -0.154. The van der Waals surface area contributed by atoms with Crippen LogP contribution in [-0.4, -0.2) is 37.1 Å². The molecule has 0 amide bonds. The molecule has 0 aromatic carbocycles. The molecule has 0 aromatic rings. The van der Waals surface area contributed by atoms with Crippen LogP contribution in [0.1, 0.15) is 90.9 Å². The molecule has 0 radical (unpaired) electrons. The normalized spacial score (nSPS) is 52.4. The molecule has 0 aromatic heterocycles. The van der Waals surface area contributed by atoms with Crippen LogP contribution in [0, 0.1) is 40.4 Å². The highest BCUT2D eigenvalue weighted by atomic mass is 16.5. The molecular formula is C26H44O3. The van der Waals surface area contributed by atoms with Gasteiger partial charge in [-0.1, -0.05) is 13.8 Å². The summed E-state index contributed by atoms with van der Waals surface area (Å²) in [6, 6.07) is 0. The van der Waals surface area contributed by atoms with Crippen molar-refractivity contribution in [1.29, 1.82) is 0 Å². The van der Waals surface area contributed by atoms with Crippen molar-refractivity contribution in [2.75, 3.05) is 19.8 Å². The van der Waals surface area contributed by atoms with E-state index in [4.69, 9.17) is 9.47 Å². The van der Waals surface area contributed by atoms with E-state index < -0.39 is 0 Å². The summed E-state index contributed by atoms with van der Waals surface area (Å²) in [6.07, 6.45) is 16.7. The van der Waals surface area contributed by atoms with Gasteiger partial charge in [0, 0.05) is 13.2 Å². The van der Waals surface area contributed by atoms with Gasteiger partial charge in [-0.25, -0.2) is 0 Å². The third-order valence-electron chi connectivity index (χ3n) is 10.8. The van der Waals surface area contributed by atoms with Crippen LogP contribution in [0.3, 0.4) is 0 Å². The molecule has 9 atom stereocenters. The number of hydrogen-bond donors (Lipinski definition) is 1. The van der Waals surface area contributed by atoms with Crippen LogP contribution < -0.4 is 0 Å². The summed E-state index contributed by atoms with van der Waals surface area (Å²) in [5, 5.41) is 9.58. The van der Waals surface area contributed by atoms with E-state index in [0.29, 0.717) is 29.6 Å². The summed E-state index contributed by atoms with van der Waals surface area (Å²) < 4.78 is 12.2. The minimum Gasteiger partial charge on any atom is -0.396 e. The number of rotatable bonds is 4. The molecule has 29 heavy (non-hydrogen) atoms. The Hall–Kier alpha value is -0.120. The number of aliphatic hydroxyl groups is 1. The minimum atomic E-state index is 0.354. The molecule has 5 rings (SSSR count). The van der Waals surface area contributed by atoms with Gasteiger partial charge in [0.05, 0.1) is 18.8 Å². The summed E-state index contributed by atoms with van der Waals surface area (Å²) >= 11 is 0. The van der Waals surface area contributed by atoms with Gasteiger partial charge in [-0.3, -0.25) is 0 Å². The Labute approximate surface area is 178 Å². The maximum absolute atomic E-state index is 9.58. The van der Waals surface area contributed by atoms with Crippen molar-refractivity contribution in [2.45, 2.75) is 103 Å². The van der Waals surface area contributed by atoms with Gasteiger partial charge in [0.15, 0.2) is 0 Å². The average Bonchev–Trinajstić information content (AvgIpc) is 3.06. The van der Waals surface area contributed by atoms with E-state index in [1.54, 1.807) is 0 Å². The highest BCUT2D eigenvalue weighted by Gasteiger charge is 2.60. The molecule has 166 valence electrons. The van der Waals surface area contributed by atoms with Gasteiger partial charge in [-0.05, 0) is 117 Å². The van der Waals surface area contributed by atoms with E-state index in [1.807, 2.05) is 0 Å². The zero-order valence-electron chi connectivity index (χ0n) is 18.9. The molecule has 5 fully saturated rings. The fourth-order valence-electron chi connectivity index (χ4n) is 9.17. The van der Waals surface area contributed by atoms with Crippen molar-refractivity contribution in [3.8, 4) is 0 Å². The van der Waals surface area contributed by atoms with Gasteiger partial charge in [-0.15, -0.1) is 0 Å². The van der Waals surface area contributed by atoms with Gasteiger partial charge in [0.25, 0.3) is 0 Å². The summed E-state index contributed by atoms with van der Waals surface area (Å²) in [7, 11) is 0. The molecule has 0 bridgehead atoms. The molecule has 1 aliphatic heterocycles. The van der Waals surface area contributed by atoms with Crippen LogP contribution in [-0.2, 0) is 9.47 Å². The van der Waals surface area contributed by atoms with E-state index >= 15 is 0 Å². The molecule has 4 aliphatic carbocycles. The molecule has 4 saturated carbocycles. The van der Waals surface area contributed by atoms with Crippen LogP contribution in [0.5, 0.6) is 0 Å². The van der Waals surface area contributed by atoms with Gasteiger partial charge in [0.1, 0.15) is 0 Å². The molecule has 1 N–H and O–H groups in total. The third-order valence-corrected chi connectivity index (χ3v) is 10.8. The summed E-state index contributed by atoms with van der Waals surface area (Å²) in [6.45, 7) is 7.38. The second-order valence-corrected chi connectivity index (χ2v) is 11.9. The standard InChI is InChI=1S/C26H44O3/c1-25-13-10-24-22(23(25)8-6-18(25)11-14-27)7-5-19-16-20(9-12-26(19,24)2)29-21-4-3-15-28-17-21/h18-24,27H,3-17H2,1-2H3/t18-,19+,20+,21-,22+,23+,24+,25-,26+/m1/s1. The smallest absolute Gasteiger partial charge is 0.0813 e. The largest absolute Gasteiger partial charge is 0.396 e. The van der Waals surface area contributed by atoms with Crippen LogP contribution in [0.2, 0.25) is 0 Å². The molecular weight excluding hydrogens is 360 g/mol. The molecule has 5 aliphatic rings. The highest BCUT2D eigenvalue weighted by Crippen LogP contribution is 2.67. The predicted octanol–water partition coefficient (Wildman–Crippen LogP) is 5.59. The number of hydrogen-bond acceptors (Lipinski definition) is 3. The third kappa shape index (κ3) is 3.52. The zero-order chi connectivity index (χ0) is 20.1. The second-order valence-electron chi connectivity index (χ2n) is 11.9.